The Morgan fingerprint density at radius 1 is 1.52 bits per heavy atom. The summed E-state index contributed by atoms with van der Waals surface area (Å²) in [5.41, 5.74) is 0.0859. The second kappa shape index (κ2) is 7.47. The van der Waals surface area contributed by atoms with Crippen LogP contribution < -0.4 is 10.1 Å². The number of nitriles is 1. The van der Waals surface area contributed by atoms with Crippen LogP contribution in [0, 0.1) is 17.2 Å². The SMILES string of the molecule is CCO[C@]1(C(=O)Nc2ccc(OC)cc2C#N)CCC[C@H](C)C1. The molecule has 1 aromatic rings. The maximum absolute atomic E-state index is 12.9. The van der Waals surface area contributed by atoms with Crippen LogP contribution in [0.2, 0.25) is 0 Å². The molecule has 0 spiro atoms. The Morgan fingerprint density at radius 2 is 2.30 bits per heavy atom. The van der Waals surface area contributed by atoms with Gasteiger partial charge >= 0.3 is 0 Å². The number of amides is 1. The summed E-state index contributed by atoms with van der Waals surface area (Å²) >= 11 is 0. The lowest BCUT2D eigenvalue weighted by Crippen LogP contribution is -2.48. The van der Waals surface area contributed by atoms with Gasteiger partial charge in [0.25, 0.3) is 5.91 Å². The maximum Gasteiger partial charge on any atom is 0.256 e. The van der Waals surface area contributed by atoms with Crippen LogP contribution in [0.15, 0.2) is 18.2 Å². The molecule has 0 heterocycles. The highest BCUT2D eigenvalue weighted by Gasteiger charge is 2.42. The third-order valence-electron chi connectivity index (χ3n) is 4.39. The highest BCUT2D eigenvalue weighted by molar-refractivity contribution is 5.98. The Labute approximate surface area is 137 Å². The Balaban J connectivity index is 2.24. The summed E-state index contributed by atoms with van der Waals surface area (Å²) in [7, 11) is 1.54. The van der Waals surface area contributed by atoms with E-state index < -0.39 is 5.60 Å². The number of carbonyl (C=O) groups excluding carboxylic acids is 1. The van der Waals surface area contributed by atoms with Crippen molar-refractivity contribution in [1.82, 2.24) is 0 Å². The normalized spacial score (nSPS) is 23.8. The molecule has 1 amide bonds. The van der Waals surface area contributed by atoms with E-state index in [-0.39, 0.29) is 5.91 Å². The average molecular weight is 316 g/mol. The summed E-state index contributed by atoms with van der Waals surface area (Å²) in [6, 6.07) is 7.14. The van der Waals surface area contributed by atoms with Gasteiger partial charge in [0.15, 0.2) is 0 Å². The Morgan fingerprint density at radius 3 is 2.91 bits per heavy atom. The largest absolute Gasteiger partial charge is 0.497 e. The number of methoxy groups -OCH3 is 1. The number of rotatable bonds is 5. The second-order valence-corrected chi connectivity index (χ2v) is 6.11. The molecule has 0 radical (unpaired) electrons. The molecule has 0 saturated heterocycles. The highest BCUT2D eigenvalue weighted by atomic mass is 16.5. The molecule has 1 aliphatic rings. The Kier molecular flexibility index (Phi) is 5.62. The van der Waals surface area contributed by atoms with Crippen molar-refractivity contribution in [3.05, 3.63) is 23.8 Å². The van der Waals surface area contributed by atoms with Crippen molar-refractivity contribution >= 4 is 11.6 Å². The van der Waals surface area contributed by atoms with Crippen LogP contribution in [0.5, 0.6) is 5.75 Å². The lowest BCUT2D eigenvalue weighted by atomic mass is 9.78. The van der Waals surface area contributed by atoms with Gasteiger partial charge in [-0.25, -0.2) is 0 Å². The summed E-state index contributed by atoms with van der Waals surface area (Å²) in [4.78, 5) is 12.9. The van der Waals surface area contributed by atoms with Gasteiger partial charge in [-0.05, 0) is 50.3 Å². The van der Waals surface area contributed by atoms with E-state index in [1.165, 1.54) is 0 Å². The van der Waals surface area contributed by atoms with E-state index in [0.717, 1.165) is 19.3 Å². The fourth-order valence-corrected chi connectivity index (χ4v) is 3.27. The molecule has 23 heavy (non-hydrogen) atoms. The van der Waals surface area contributed by atoms with E-state index in [2.05, 4.69) is 18.3 Å². The van der Waals surface area contributed by atoms with Crippen LogP contribution in [-0.4, -0.2) is 25.2 Å². The van der Waals surface area contributed by atoms with E-state index in [4.69, 9.17) is 9.47 Å². The molecule has 124 valence electrons. The molecule has 1 N–H and O–H groups in total. The summed E-state index contributed by atoms with van der Waals surface area (Å²) in [6.45, 7) is 4.55. The van der Waals surface area contributed by atoms with Crippen LogP contribution in [0.4, 0.5) is 5.69 Å². The third kappa shape index (κ3) is 3.83. The highest BCUT2D eigenvalue weighted by Crippen LogP contribution is 2.36. The number of carbonyl (C=O) groups is 1. The van der Waals surface area contributed by atoms with Crippen molar-refractivity contribution in [2.24, 2.45) is 5.92 Å². The molecule has 1 aliphatic carbocycles. The van der Waals surface area contributed by atoms with Gasteiger partial charge in [0, 0.05) is 6.61 Å². The number of benzene rings is 1. The lowest BCUT2D eigenvalue weighted by Gasteiger charge is -2.38. The van der Waals surface area contributed by atoms with Gasteiger partial charge in [0.1, 0.15) is 17.4 Å². The number of hydrogen-bond acceptors (Lipinski definition) is 4. The topological polar surface area (TPSA) is 71.3 Å². The zero-order valence-corrected chi connectivity index (χ0v) is 14.0. The smallest absolute Gasteiger partial charge is 0.256 e. The third-order valence-corrected chi connectivity index (χ3v) is 4.39. The van der Waals surface area contributed by atoms with Gasteiger partial charge in [-0.1, -0.05) is 13.3 Å². The van der Waals surface area contributed by atoms with Crippen molar-refractivity contribution in [3.8, 4) is 11.8 Å². The number of hydrogen-bond donors (Lipinski definition) is 1. The molecule has 0 aliphatic heterocycles. The van der Waals surface area contributed by atoms with Gasteiger partial charge in [0.2, 0.25) is 0 Å². The second-order valence-electron chi connectivity index (χ2n) is 6.11. The molecule has 1 fully saturated rings. The molecule has 1 aromatic carbocycles. The van der Waals surface area contributed by atoms with E-state index in [1.54, 1.807) is 25.3 Å². The van der Waals surface area contributed by atoms with E-state index in [9.17, 15) is 10.1 Å². The van der Waals surface area contributed by atoms with Crippen molar-refractivity contribution in [1.29, 1.82) is 5.26 Å². The molecule has 0 unspecified atom stereocenters. The van der Waals surface area contributed by atoms with E-state index in [1.807, 2.05) is 6.92 Å². The van der Waals surface area contributed by atoms with Gasteiger partial charge < -0.3 is 14.8 Å². The van der Waals surface area contributed by atoms with E-state index >= 15 is 0 Å². The van der Waals surface area contributed by atoms with Crippen LogP contribution in [0.3, 0.4) is 0 Å². The minimum absolute atomic E-state index is 0.160. The summed E-state index contributed by atoms with van der Waals surface area (Å²) in [5.74, 6) is 0.880. The Bertz CT molecular complexity index is 605. The predicted octanol–water partition coefficient (Wildman–Crippen LogP) is 3.49. The number of nitrogens with zero attached hydrogens (tertiary/aromatic N) is 1. The minimum Gasteiger partial charge on any atom is -0.497 e. The average Bonchev–Trinajstić information content (AvgIpc) is 2.55. The van der Waals surface area contributed by atoms with Crippen LogP contribution in [0.25, 0.3) is 0 Å². The van der Waals surface area contributed by atoms with Gasteiger partial charge in [-0.15, -0.1) is 0 Å². The standard InChI is InChI=1S/C18H24N2O3/c1-4-23-18(9-5-6-13(2)11-18)17(21)20-16-8-7-15(22-3)10-14(16)12-19/h7-8,10,13H,4-6,9,11H2,1-3H3,(H,20,21)/t13-,18+/m0/s1. The first kappa shape index (κ1) is 17.3. The first-order valence-electron chi connectivity index (χ1n) is 8.08. The molecule has 0 aromatic heterocycles. The van der Waals surface area contributed by atoms with Gasteiger partial charge in [-0.3, -0.25) is 4.79 Å². The number of ether oxygens (including phenoxy) is 2. The fraction of sp³-hybridized carbons (Fsp3) is 0.556. The number of anilines is 1. The zero-order valence-electron chi connectivity index (χ0n) is 14.0. The quantitative estimate of drug-likeness (QED) is 0.902. The van der Waals surface area contributed by atoms with Crippen molar-refractivity contribution in [2.45, 2.75) is 45.1 Å². The molecule has 5 heteroatoms. The maximum atomic E-state index is 12.9. The summed E-state index contributed by atoms with van der Waals surface area (Å²) in [6.07, 6.45) is 3.52. The molecular formula is C18H24N2O3. The fourth-order valence-electron chi connectivity index (χ4n) is 3.27. The van der Waals surface area contributed by atoms with Gasteiger partial charge in [-0.2, -0.15) is 5.26 Å². The summed E-state index contributed by atoms with van der Waals surface area (Å²) in [5, 5.41) is 12.2. The molecular weight excluding hydrogens is 292 g/mol. The lowest BCUT2D eigenvalue weighted by molar-refractivity contribution is -0.147. The van der Waals surface area contributed by atoms with Crippen molar-refractivity contribution in [3.63, 3.8) is 0 Å². The molecule has 2 atom stereocenters. The van der Waals surface area contributed by atoms with Crippen molar-refractivity contribution in [2.75, 3.05) is 19.0 Å². The molecule has 1 saturated carbocycles. The van der Waals surface area contributed by atoms with Crippen LogP contribution >= 0.6 is 0 Å². The predicted molar refractivity (Wildman–Crippen MR) is 88.3 cm³/mol. The molecule has 5 nitrogen and oxygen atoms in total. The van der Waals surface area contributed by atoms with Gasteiger partial charge in [0.05, 0.1) is 18.4 Å². The first-order valence-corrected chi connectivity index (χ1v) is 8.08. The zero-order chi connectivity index (χ0) is 16.9. The first-order chi connectivity index (χ1) is 11.0. The van der Waals surface area contributed by atoms with E-state index in [0.29, 0.717) is 35.9 Å². The molecule has 0 bridgehead atoms. The molecule has 2 rings (SSSR count). The van der Waals surface area contributed by atoms with Crippen LogP contribution in [-0.2, 0) is 9.53 Å². The van der Waals surface area contributed by atoms with Crippen LogP contribution in [0.1, 0.15) is 45.1 Å². The number of nitrogens with one attached hydrogen (secondary N) is 1. The minimum atomic E-state index is -0.793. The Hall–Kier alpha value is -2.06. The monoisotopic (exact) mass is 316 g/mol. The summed E-state index contributed by atoms with van der Waals surface area (Å²) < 4.78 is 11.0. The van der Waals surface area contributed by atoms with Crippen molar-refractivity contribution < 1.29 is 14.3 Å².